The van der Waals surface area contributed by atoms with E-state index in [1.165, 1.54) is 6.92 Å². The molecule has 0 unspecified atom stereocenters. The summed E-state index contributed by atoms with van der Waals surface area (Å²) in [5.74, 6) is -0.436. The van der Waals surface area contributed by atoms with Crippen molar-refractivity contribution in [3.63, 3.8) is 0 Å². The lowest BCUT2D eigenvalue weighted by atomic mass is 10.1. The zero-order chi connectivity index (χ0) is 22.0. The molecule has 4 rings (SSSR count). The monoisotopic (exact) mass is 419 g/mol. The van der Waals surface area contributed by atoms with E-state index in [9.17, 15) is 14.4 Å². The van der Waals surface area contributed by atoms with Gasteiger partial charge in [-0.25, -0.2) is 0 Å². The van der Waals surface area contributed by atoms with Gasteiger partial charge in [-0.2, -0.15) is 0 Å². The largest absolute Gasteiger partial charge is 0.341 e. The van der Waals surface area contributed by atoms with Gasteiger partial charge in [-0.15, -0.1) is 0 Å². The molecule has 1 fully saturated rings. The van der Waals surface area contributed by atoms with Crippen molar-refractivity contribution in [3.8, 4) is 0 Å². The summed E-state index contributed by atoms with van der Waals surface area (Å²) in [7, 11) is 0. The number of piperidine rings is 1. The molecule has 0 spiro atoms. The van der Waals surface area contributed by atoms with Crippen LogP contribution in [0.4, 0.5) is 11.4 Å². The van der Waals surface area contributed by atoms with Gasteiger partial charge in [0.2, 0.25) is 11.8 Å². The van der Waals surface area contributed by atoms with Crippen LogP contribution in [-0.2, 0) is 20.8 Å². The number of carbonyl (C=O) groups is 3. The number of benzene rings is 2. The Hall–Kier alpha value is -3.15. The number of amides is 3. The molecule has 2 aliphatic heterocycles. The fourth-order valence-corrected chi connectivity index (χ4v) is 4.55. The molecule has 0 radical (unpaired) electrons. The molecule has 0 saturated carbocycles. The number of likely N-dealkylation sites (tertiary alicyclic amines) is 1. The van der Waals surface area contributed by atoms with E-state index in [1.807, 2.05) is 60.4 Å². The van der Waals surface area contributed by atoms with Crippen LogP contribution in [0.1, 0.15) is 37.3 Å². The molecule has 0 bridgehead atoms. The zero-order valence-electron chi connectivity index (χ0n) is 18.2. The smallest absolute Gasteiger partial charge is 0.251 e. The fourth-order valence-electron chi connectivity index (χ4n) is 4.55. The number of fused-ring (bicyclic) bond motifs is 1. The van der Waals surface area contributed by atoms with Crippen molar-refractivity contribution in [1.82, 2.24) is 4.90 Å². The Bertz CT molecular complexity index is 980. The number of nitrogens with zero attached hydrogens (tertiary/aromatic N) is 3. The number of anilines is 2. The van der Waals surface area contributed by atoms with Gasteiger partial charge in [0.15, 0.2) is 0 Å². The lowest BCUT2D eigenvalue weighted by Gasteiger charge is -2.33. The lowest BCUT2D eigenvalue weighted by molar-refractivity contribution is -0.132. The minimum Gasteiger partial charge on any atom is -0.341 e. The van der Waals surface area contributed by atoms with Crippen molar-refractivity contribution in [1.29, 1.82) is 0 Å². The first kappa shape index (κ1) is 21.1. The average molecular weight is 420 g/mol. The predicted molar refractivity (Wildman–Crippen MR) is 121 cm³/mol. The van der Waals surface area contributed by atoms with Crippen LogP contribution in [0.3, 0.4) is 0 Å². The molecule has 2 aliphatic rings. The van der Waals surface area contributed by atoms with Crippen LogP contribution in [0.25, 0.3) is 0 Å². The van der Waals surface area contributed by atoms with Gasteiger partial charge in [-0.3, -0.25) is 19.3 Å². The molecule has 2 aromatic carbocycles. The highest BCUT2D eigenvalue weighted by atomic mass is 16.2. The second-order valence-electron chi connectivity index (χ2n) is 8.44. The van der Waals surface area contributed by atoms with Gasteiger partial charge in [-0.05, 0) is 49.9 Å². The predicted octanol–water partition coefficient (Wildman–Crippen LogP) is 3.32. The van der Waals surface area contributed by atoms with Gasteiger partial charge in [0.05, 0.1) is 0 Å². The van der Waals surface area contributed by atoms with Gasteiger partial charge in [0.1, 0.15) is 12.6 Å². The third-order valence-electron chi connectivity index (χ3n) is 6.21. The Labute approximate surface area is 183 Å². The molecule has 0 aliphatic carbocycles. The van der Waals surface area contributed by atoms with Crippen LogP contribution in [0, 0.1) is 6.92 Å². The van der Waals surface area contributed by atoms with E-state index in [0.29, 0.717) is 12.1 Å². The third-order valence-corrected chi connectivity index (χ3v) is 6.21. The zero-order valence-corrected chi connectivity index (χ0v) is 18.2. The Morgan fingerprint density at radius 2 is 1.65 bits per heavy atom. The number of aryl methyl sites for hydroxylation is 1. The number of para-hydroxylation sites is 1. The first-order valence-corrected chi connectivity index (χ1v) is 11.0. The average Bonchev–Trinajstić information content (AvgIpc) is 3.18. The summed E-state index contributed by atoms with van der Waals surface area (Å²) in [6, 6.07) is 14.6. The van der Waals surface area contributed by atoms with Crippen LogP contribution in [0.2, 0.25) is 0 Å². The highest BCUT2D eigenvalue weighted by Crippen LogP contribution is 2.33. The van der Waals surface area contributed by atoms with E-state index in [1.54, 1.807) is 9.80 Å². The summed E-state index contributed by atoms with van der Waals surface area (Å²) in [6.45, 7) is 4.93. The normalized spacial score (nSPS) is 17.9. The minimum absolute atomic E-state index is 0.0134. The number of rotatable bonds is 4. The SMILES string of the molecule is CC(=O)N1c2ccccc2C[C@H]1C(=O)N(CC(=O)N1CCCCC1)c1ccc(C)cc1. The fraction of sp³-hybridized carbons (Fsp3) is 0.400. The highest BCUT2D eigenvalue weighted by molar-refractivity contribution is 6.09. The molecule has 162 valence electrons. The summed E-state index contributed by atoms with van der Waals surface area (Å²) in [6.07, 6.45) is 3.59. The van der Waals surface area contributed by atoms with E-state index in [0.717, 1.165) is 49.2 Å². The minimum atomic E-state index is -0.648. The number of hydrogen-bond acceptors (Lipinski definition) is 3. The van der Waals surface area contributed by atoms with Gasteiger partial charge >= 0.3 is 0 Å². The van der Waals surface area contributed by atoms with E-state index < -0.39 is 6.04 Å². The summed E-state index contributed by atoms with van der Waals surface area (Å²) in [4.78, 5) is 44.3. The van der Waals surface area contributed by atoms with Gasteiger partial charge in [0.25, 0.3) is 5.91 Å². The van der Waals surface area contributed by atoms with Crippen LogP contribution in [0.5, 0.6) is 0 Å². The van der Waals surface area contributed by atoms with E-state index in [2.05, 4.69) is 0 Å². The second kappa shape index (κ2) is 8.92. The molecule has 6 nitrogen and oxygen atoms in total. The lowest BCUT2D eigenvalue weighted by Crippen LogP contribution is -2.52. The van der Waals surface area contributed by atoms with E-state index in [4.69, 9.17) is 0 Å². The van der Waals surface area contributed by atoms with Crippen molar-refractivity contribution in [2.24, 2.45) is 0 Å². The van der Waals surface area contributed by atoms with Gasteiger partial charge in [-0.1, -0.05) is 35.9 Å². The maximum Gasteiger partial charge on any atom is 0.251 e. The summed E-state index contributed by atoms with van der Waals surface area (Å²) in [5.41, 5.74) is 3.51. The summed E-state index contributed by atoms with van der Waals surface area (Å²) >= 11 is 0. The number of carbonyl (C=O) groups excluding carboxylic acids is 3. The first-order chi connectivity index (χ1) is 15.0. The Morgan fingerprint density at radius 1 is 0.968 bits per heavy atom. The van der Waals surface area contributed by atoms with Crippen molar-refractivity contribution in [3.05, 3.63) is 59.7 Å². The second-order valence-corrected chi connectivity index (χ2v) is 8.44. The maximum absolute atomic E-state index is 13.8. The molecular weight excluding hydrogens is 390 g/mol. The van der Waals surface area contributed by atoms with Gasteiger partial charge in [0, 0.05) is 37.8 Å². The Kier molecular flexibility index (Phi) is 6.07. The molecule has 2 heterocycles. The Morgan fingerprint density at radius 3 is 2.32 bits per heavy atom. The molecular formula is C25H29N3O3. The maximum atomic E-state index is 13.8. The Balaban J connectivity index is 1.64. The molecule has 2 aromatic rings. The molecule has 6 heteroatoms. The van der Waals surface area contributed by atoms with Gasteiger partial charge < -0.3 is 9.80 Å². The molecule has 1 atom stereocenters. The van der Waals surface area contributed by atoms with Crippen molar-refractivity contribution < 1.29 is 14.4 Å². The van der Waals surface area contributed by atoms with Crippen molar-refractivity contribution in [2.75, 3.05) is 29.4 Å². The molecule has 31 heavy (non-hydrogen) atoms. The third kappa shape index (κ3) is 4.33. The molecule has 0 aromatic heterocycles. The van der Waals surface area contributed by atoms with Crippen LogP contribution >= 0.6 is 0 Å². The summed E-state index contributed by atoms with van der Waals surface area (Å²) in [5, 5.41) is 0. The topological polar surface area (TPSA) is 60.9 Å². The molecule has 3 amide bonds. The van der Waals surface area contributed by atoms with Crippen molar-refractivity contribution >= 4 is 29.1 Å². The quantitative estimate of drug-likeness (QED) is 0.764. The standard InChI is InChI=1S/C25H29N3O3/c1-18-10-12-21(13-11-18)27(17-24(30)26-14-6-3-7-15-26)25(31)23-16-20-8-4-5-9-22(20)28(23)19(2)29/h4-5,8-13,23H,3,6-7,14-17H2,1-2H3/t23-/m0/s1. The summed E-state index contributed by atoms with van der Waals surface area (Å²) < 4.78 is 0. The van der Waals surface area contributed by atoms with Crippen LogP contribution < -0.4 is 9.80 Å². The molecule has 0 N–H and O–H groups in total. The van der Waals surface area contributed by atoms with E-state index >= 15 is 0 Å². The van der Waals surface area contributed by atoms with E-state index in [-0.39, 0.29) is 24.3 Å². The molecule has 1 saturated heterocycles. The van der Waals surface area contributed by atoms with Crippen LogP contribution in [0.15, 0.2) is 48.5 Å². The number of hydrogen-bond donors (Lipinski definition) is 0. The van der Waals surface area contributed by atoms with Crippen molar-refractivity contribution in [2.45, 2.75) is 45.6 Å². The first-order valence-electron chi connectivity index (χ1n) is 11.0. The van der Waals surface area contributed by atoms with Crippen LogP contribution in [-0.4, -0.2) is 48.3 Å². The highest BCUT2D eigenvalue weighted by Gasteiger charge is 2.40.